The molecular weight excluding hydrogens is 261 g/mol. The molecule has 6 nitrogen and oxygen atoms in total. The summed E-state index contributed by atoms with van der Waals surface area (Å²) >= 11 is 0. The highest BCUT2D eigenvalue weighted by atomic mass is 19.4. The summed E-state index contributed by atoms with van der Waals surface area (Å²) in [7, 11) is 0. The molecule has 0 bridgehead atoms. The number of halogens is 3. The first-order valence-electron chi connectivity index (χ1n) is 5.52. The average Bonchev–Trinajstić information content (AvgIpc) is 2.83. The zero-order valence-corrected chi connectivity index (χ0v) is 10.0. The van der Waals surface area contributed by atoms with Crippen LogP contribution in [-0.4, -0.2) is 25.0 Å². The summed E-state index contributed by atoms with van der Waals surface area (Å²) in [6, 6.07) is 2.10. The fourth-order valence-corrected chi connectivity index (χ4v) is 1.43. The highest BCUT2D eigenvalue weighted by molar-refractivity contribution is 5.33. The second kappa shape index (κ2) is 5.21. The van der Waals surface area contributed by atoms with Gasteiger partial charge in [0.05, 0.1) is 6.54 Å². The molecule has 0 saturated heterocycles. The fraction of sp³-hybridized carbons (Fsp3) is 0.400. The van der Waals surface area contributed by atoms with Gasteiger partial charge in [-0.05, 0) is 19.1 Å². The van der Waals surface area contributed by atoms with Crippen LogP contribution in [0.4, 0.5) is 19.0 Å². The van der Waals surface area contributed by atoms with E-state index in [9.17, 15) is 13.2 Å². The van der Waals surface area contributed by atoms with E-state index in [1.165, 1.54) is 6.07 Å². The summed E-state index contributed by atoms with van der Waals surface area (Å²) in [6.07, 6.45) is -2.90. The third-order valence-corrected chi connectivity index (χ3v) is 2.42. The predicted octanol–water partition coefficient (Wildman–Crippen LogP) is 1.72. The lowest BCUT2D eigenvalue weighted by Gasteiger charge is -2.07. The van der Waals surface area contributed by atoms with Crippen LogP contribution in [-0.2, 0) is 19.3 Å². The van der Waals surface area contributed by atoms with Gasteiger partial charge < -0.3 is 9.88 Å². The number of anilines is 1. The van der Waals surface area contributed by atoms with Crippen LogP contribution in [0.15, 0.2) is 18.5 Å². The van der Waals surface area contributed by atoms with Crippen molar-refractivity contribution in [2.24, 2.45) is 0 Å². The normalized spacial score (nSPS) is 11.6. The number of rotatable bonds is 4. The Morgan fingerprint density at radius 1 is 1.21 bits per heavy atom. The third kappa shape index (κ3) is 3.18. The Balaban J connectivity index is 2.01. The summed E-state index contributed by atoms with van der Waals surface area (Å²) in [5.74, 6) is 0.919. The maximum absolute atomic E-state index is 12.3. The Labute approximate surface area is 106 Å². The molecule has 0 amide bonds. The van der Waals surface area contributed by atoms with E-state index in [4.69, 9.17) is 0 Å². The molecule has 2 heterocycles. The van der Waals surface area contributed by atoms with Crippen molar-refractivity contribution in [3.05, 3.63) is 30.0 Å². The number of aromatic nitrogens is 5. The monoisotopic (exact) mass is 272 g/mol. The molecule has 0 unspecified atom stereocenters. The summed E-state index contributed by atoms with van der Waals surface area (Å²) in [4.78, 5) is 0. The van der Waals surface area contributed by atoms with E-state index in [1.54, 1.807) is 6.33 Å². The van der Waals surface area contributed by atoms with Crippen LogP contribution in [0.25, 0.3) is 0 Å². The Bertz CT molecular complexity index is 533. The summed E-state index contributed by atoms with van der Waals surface area (Å²) in [5, 5.41) is 17.0. The fourth-order valence-electron chi connectivity index (χ4n) is 1.43. The van der Waals surface area contributed by atoms with Crippen molar-refractivity contribution in [2.45, 2.75) is 26.2 Å². The van der Waals surface area contributed by atoms with E-state index >= 15 is 0 Å². The number of aryl methyl sites for hydroxylation is 1. The maximum atomic E-state index is 12.3. The lowest BCUT2D eigenvalue weighted by molar-refractivity contribution is -0.141. The Hall–Kier alpha value is -2.19. The third-order valence-electron chi connectivity index (χ3n) is 2.42. The topological polar surface area (TPSA) is 68.5 Å². The lowest BCUT2D eigenvalue weighted by Crippen LogP contribution is -2.12. The summed E-state index contributed by atoms with van der Waals surface area (Å²) in [5.41, 5.74) is -1.02. The van der Waals surface area contributed by atoms with Crippen LogP contribution in [0.5, 0.6) is 0 Å². The van der Waals surface area contributed by atoms with Crippen LogP contribution >= 0.6 is 0 Å². The van der Waals surface area contributed by atoms with Gasteiger partial charge in [-0.2, -0.15) is 13.2 Å². The first-order chi connectivity index (χ1) is 9.00. The molecule has 2 aromatic rings. The molecule has 0 aromatic carbocycles. The van der Waals surface area contributed by atoms with Crippen molar-refractivity contribution in [2.75, 3.05) is 5.32 Å². The molecule has 0 atom stereocenters. The van der Waals surface area contributed by atoms with Gasteiger partial charge in [0, 0.05) is 6.54 Å². The van der Waals surface area contributed by atoms with Crippen LogP contribution in [0.2, 0.25) is 0 Å². The molecule has 0 saturated carbocycles. The van der Waals surface area contributed by atoms with E-state index in [2.05, 4.69) is 25.7 Å². The van der Waals surface area contributed by atoms with Gasteiger partial charge in [-0.3, -0.25) is 0 Å². The van der Waals surface area contributed by atoms with E-state index in [0.29, 0.717) is 18.9 Å². The van der Waals surface area contributed by atoms with Gasteiger partial charge in [0.2, 0.25) is 0 Å². The van der Waals surface area contributed by atoms with Gasteiger partial charge in [0.25, 0.3) is 0 Å². The van der Waals surface area contributed by atoms with E-state index < -0.39 is 11.9 Å². The maximum Gasteiger partial charge on any atom is 0.435 e. The van der Waals surface area contributed by atoms with Crippen molar-refractivity contribution in [3.8, 4) is 0 Å². The molecular formula is C10H11F3N6. The molecule has 2 rings (SSSR count). The van der Waals surface area contributed by atoms with Gasteiger partial charge in [-0.15, -0.1) is 20.4 Å². The number of hydrogen-bond acceptors (Lipinski definition) is 5. The second-order valence-electron chi connectivity index (χ2n) is 3.69. The second-order valence-corrected chi connectivity index (χ2v) is 3.69. The zero-order chi connectivity index (χ0) is 13.9. The first-order valence-corrected chi connectivity index (χ1v) is 5.52. The van der Waals surface area contributed by atoms with Gasteiger partial charge in [0.1, 0.15) is 12.1 Å². The number of nitrogens with one attached hydrogen (secondary N) is 1. The summed E-state index contributed by atoms with van der Waals surface area (Å²) < 4.78 is 38.7. The SMILES string of the molecule is CCn1cnnc1CNc1ccc(C(F)(F)F)nn1. The van der Waals surface area contributed by atoms with Crippen LogP contribution in [0.1, 0.15) is 18.4 Å². The standard InChI is InChI=1S/C10H11F3N6/c1-2-19-6-15-18-9(19)5-14-8-4-3-7(16-17-8)10(11,12)13/h3-4,6H,2,5H2,1H3,(H,14,17). The number of alkyl halides is 3. The molecule has 0 aliphatic carbocycles. The quantitative estimate of drug-likeness (QED) is 0.917. The zero-order valence-electron chi connectivity index (χ0n) is 10.0. The Kier molecular flexibility index (Phi) is 3.63. The minimum absolute atomic E-state index is 0.249. The molecule has 19 heavy (non-hydrogen) atoms. The van der Waals surface area contributed by atoms with Gasteiger partial charge >= 0.3 is 6.18 Å². The van der Waals surface area contributed by atoms with Gasteiger partial charge in [0.15, 0.2) is 11.5 Å². The molecule has 1 N–H and O–H groups in total. The minimum Gasteiger partial charge on any atom is -0.361 e. The van der Waals surface area contributed by atoms with Crippen molar-refractivity contribution < 1.29 is 13.2 Å². The predicted molar refractivity (Wildman–Crippen MR) is 60.1 cm³/mol. The largest absolute Gasteiger partial charge is 0.435 e. The average molecular weight is 272 g/mol. The molecule has 0 radical (unpaired) electrons. The highest BCUT2D eigenvalue weighted by Gasteiger charge is 2.32. The van der Waals surface area contributed by atoms with E-state index in [-0.39, 0.29) is 5.82 Å². The van der Waals surface area contributed by atoms with Crippen molar-refractivity contribution >= 4 is 5.82 Å². The minimum atomic E-state index is -4.48. The Morgan fingerprint density at radius 3 is 2.58 bits per heavy atom. The highest BCUT2D eigenvalue weighted by Crippen LogP contribution is 2.27. The molecule has 102 valence electrons. The Morgan fingerprint density at radius 2 is 2.00 bits per heavy atom. The van der Waals surface area contributed by atoms with Gasteiger partial charge in [-0.1, -0.05) is 0 Å². The van der Waals surface area contributed by atoms with Crippen molar-refractivity contribution in [1.29, 1.82) is 0 Å². The van der Waals surface area contributed by atoms with Crippen LogP contribution in [0, 0.1) is 0 Å². The summed E-state index contributed by atoms with van der Waals surface area (Å²) in [6.45, 7) is 2.96. The van der Waals surface area contributed by atoms with E-state index in [1.807, 2.05) is 11.5 Å². The lowest BCUT2D eigenvalue weighted by atomic mass is 10.4. The van der Waals surface area contributed by atoms with E-state index in [0.717, 1.165) is 6.07 Å². The molecule has 0 fully saturated rings. The van der Waals surface area contributed by atoms with Crippen LogP contribution < -0.4 is 5.32 Å². The smallest absolute Gasteiger partial charge is 0.361 e. The van der Waals surface area contributed by atoms with Crippen LogP contribution in [0.3, 0.4) is 0 Å². The number of nitrogens with zero attached hydrogens (tertiary/aromatic N) is 5. The molecule has 0 aliphatic heterocycles. The van der Waals surface area contributed by atoms with Gasteiger partial charge in [-0.25, -0.2) is 0 Å². The van der Waals surface area contributed by atoms with Crippen molar-refractivity contribution in [3.63, 3.8) is 0 Å². The number of hydrogen-bond donors (Lipinski definition) is 1. The molecule has 0 spiro atoms. The molecule has 0 aliphatic rings. The first kappa shape index (κ1) is 13.2. The van der Waals surface area contributed by atoms with Crippen molar-refractivity contribution in [1.82, 2.24) is 25.0 Å². The molecule has 2 aromatic heterocycles. The molecule has 9 heteroatoms.